The van der Waals surface area contributed by atoms with Gasteiger partial charge < -0.3 is 15.5 Å². The summed E-state index contributed by atoms with van der Waals surface area (Å²) < 4.78 is 0. The summed E-state index contributed by atoms with van der Waals surface area (Å²) in [5.74, 6) is 0.647. The van der Waals surface area contributed by atoms with E-state index in [-0.39, 0.29) is 29.7 Å². The number of nitrogens with zero attached hydrogens (tertiary/aromatic N) is 4. The van der Waals surface area contributed by atoms with Crippen molar-refractivity contribution >= 4 is 52.1 Å². The number of hydrogen-bond donors (Lipinski definition) is 2. The maximum Gasteiger partial charge on any atom is 0.269 e. The van der Waals surface area contributed by atoms with Gasteiger partial charge in [0.25, 0.3) is 5.69 Å². The molecule has 10 heteroatoms. The van der Waals surface area contributed by atoms with Crippen molar-refractivity contribution in [2.24, 2.45) is 4.99 Å². The van der Waals surface area contributed by atoms with Crippen LogP contribution in [0.2, 0.25) is 0 Å². The summed E-state index contributed by atoms with van der Waals surface area (Å²) in [6, 6.07) is 6.50. The molecule has 2 N–H and O–H groups in total. The van der Waals surface area contributed by atoms with E-state index >= 15 is 0 Å². The van der Waals surface area contributed by atoms with Gasteiger partial charge in [0, 0.05) is 38.2 Å². The number of nitro groups is 1. The van der Waals surface area contributed by atoms with Crippen LogP contribution < -0.4 is 15.5 Å². The third-order valence-electron chi connectivity index (χ3n) is 3.24. The Hall–Kier alpha value is -1.95. The molecule has 1 heterocycles. The van der Waals surface area contributed by atoms with Crippen molar-refractivity contribution in [1.82, 2.24) is 15.6 Å². The summed E-state index contributed by atoms with van der Waals surface area (Å²) in [4.78, 5) is 21.4. The van der Waals surface area contributed by atoms with Gasteiger partial charge in [-0.05, 0) is 12.5 Å². The first kappa shape index (κ1) is 22.1. The molecule has 2 rings (SSSR count). The number of benzene rings is 1. The zero-order valence-corrected chi connectivity index (χ0v) is 18.1. The number of halogens is 1. The predicted octanol–water partition coefficient (Wildman–Crippen LogP) is 2.99. The minimum Gasteiger partial charge on any atom is -0.357 e. The lowest BCUT2D eigenvalue weighted by Gasteiger charge is -2.10. The highest BCUT2D eigenvalue weighted by Crippen LogP contribution is 2.17. The molecule has 1 aromatic carbocycles. The van der Waals surface area contributed by atoms with Crippen LogP contribution in [-0.4, -0.2) is 36.5 Å². The van der Waals surface area contributed by atoms with Gasteiger partial charge in [-0.2, -0.15) is 0 Å². The topological polar surface area (TPSA) is 95.7 Å². The fourth-order valence-electron chi connectivity index (χ4n) is 2.04. The SMILES string of the molecule is CCNC(=NCc1cccc([N+](=O)[O-])c1)NCc1csc(N(C)C)n1.I. The first-order valence-corrected chi connectivity index (χ1v) is 8.74. The molecule has 2 aromatic rings. The lowest BCUT2D eigenvalue weighted by Crippen LogP contribution is -2.36. The van der Waals surface area contributed by atoms with Gasteiger partial charge >= 0.3 is 0 Å². The number of aliphatic imine (C=N–C) groups is 1. The Labute approximate surface area is 173 Å². The molecule has 8 nitrogen and oxygen atoms in total. The second-order valence-electron chi connectivity index (χ2n) is 5.49. The Morgan fingerprint density at radius 1 is 1.38 bits per heavy atom. The second kappa shape index (κ2) is 10.9. The number of thiazole rings is 1. The first-order chi connectivity index (χ1) is 12.0. The maximum atomic E-state index is 10.8. The van der Waals surface area contributed by atoms with Gasteiger partial charge in [0.2, 0.25) is 0 Å². The van der Waals surface area contributed by atoms with Gasteiger partial charge in [0.1, 0.15) is 0 Å². The number of anilines is 1. The zero-order chi connectivity index (χ0) is 18.2. The Kier molecular flexibility index (Phi) is 9.27. The fourth-order valence-corrected chi connectivity index (χ4v) is 2.80. The number of guanidine groups is 1. The van der Waals surface area contributed by atoms with Gasteiger partial charge in [-0.1, -0.05) is 12.1 Å². The van der Waals surface area contributed by atoms with Gasteiger partial charge in [0.05, 0.1) is 23.7 Å². The van der Waals surface area contributed by atoms with Crippen molar-refractivity contribution in [2.75, 3.05) is 25.5 Å². The average Bonchev–Trinajstić information content (AvgIpc) is 3.07. The van der Waals surface area contributed by atoms with Gasteiger partial charge in [0.15, 0.2) is 11.1 Å². The fraction of sp³-hybridized carbons (Fsp3) is 0.375. The van der Waals surface area contributed by atoms with Crippen LogP contribution in [0.4, 0.5) is 10.8 Å². The van der Waals surface area contributed by atoms with E-state index in [1.165, 1.54) is 12.1 Å². The average molecular weight is 490 g/mol. The van der Waals surface area contributed by atoms with E-state index in [1.54, 1.807) is 17.4 Å². The number of hydrogen-bond acceptors (Lipinski definition) is 6. The number of nitrogens with one attached hydrogen (secondary N) is 2. The van der Waals surface area contributed by atoms with Crippen molar-refractivity contribution in [3.05, 3.63) is 51.0 Å². The van der Waals surface area contributed by atoms with E-state index in [0.717, 1.165) is 22.9 Å². The minimum atomic E-state index is -0.402. The zero-order valence-electron chi connectivity index (χ0n) is 14.9. The van der Waals surface area contributed by atoms with Crippen LogP contribution in [0, 0.1) is 10.1 Å². The second-order valence-corrected chi connectivity index (χ2v) is 6.33. The highest BCUT2D eigenvalue weighted by Gasteiger charge is 2.07. The Morgan fingerprint density at radius 2 is 2.15 bits per heavy atom. The molecule has 0 saturated carbocycles. The molecule has 0 amide bonds. The predicted molar refractivity (Wildman–Crippen MR) is 117 cm³/mol. The number of nitro benzene ring substituents is 1. The standard InChI is InChI=1S/C16H22N6O2S.HI/c1-4-17-15(19-10-13-11-25-16(20-13)21(2)3)18-9-12-6-5-7-14(8-12)22(23)24;/h5-8,11H,4,9-10H2,1-3H3,(H2,17,18,19);1H. The monoisotopic (exact) mass is 490 g/mol. The highest BCUT2D eigenvalue weighted by atomic mass is 127. The minimum absolute atomic E-state index is 0. The smallest absolute Gasteiger partial charge is 0.269 e. The molecule has 0 radical (unpaired) electrons. The molecule has 0 aliphatic heterocycles. The van der Waals surface area contributed by atoms with Crippen molar-refractivity contribution < 1.29 is 4.92 Å². The Morgan fingerprint density at radius 3 is 2.77 bits per heavy atom. The van der Waals surface area contributed by atoms with Crippen LogP contribution >= 0.6 is 35.3 Å². The van der Waals surface area contributed by atoms with E-state index < -0.39 is 4.92 Å². The molecule has 0 spiro atoms. The summed E-state index contributed by atoms with van der Waals surface area (Å²) >= 11 is 1.59. The van der Waals surface area contributed by atoms with Crippen molar-refractivity contribution in [2.45, 2.75) is 20.0 Å². The van der Waals surface area contributed by atoms with Crippen molar-refractivity contribution in [3.8, 4) is 0 Å². The molecule has 0 aliphatic carbocycles. The molecule has 0 bridgehead atoms. The Bertz CT molecular complexity index is 750. The van der Waals surface area contributed by atoms with E-state index in [0.29, 0.717) is 19.0 Å². The number of non-ortho nitro benzene ring substituents is 1. The van der Waals surface area contributed by atoms with Crippen LogP contribution in [-0.2, 0) is 13.1 Å². The molecule has 0 aliphatic rings. The molecule has 0 fully saturated rings. The van der Waals surface area contributed by atoms with E-state index in [2.05, 4.69) is 20.6 Å². The number of rotatable bonds is 7. The number of aromatic nitrogens is 1. The van der Waals surface area contributed by atoms with Crippen LogP contribution in [0.1, 0.15) is 18.2 Å². The molecule has 0 unspecified atom stereocenters. The molecular formula is C16H23IN6O2S. The third kappa shape index (κ3) is 6.75. The molecule has 1 aromatic heterocycles. The first-order valence-electron chi connectivity index (χ1n) is 7.87. The van der Waals surface area contributed by atoms with E-state index in [1.807, 2.05) is 37.4 Å². The van der Waals surface area contributed by atoms with Gasteiger partial charge in [-0.25, -0.2) is 9.98 Å². The summed E-state index contributed by atoms with van der Waals surface area (Å²) in [6.45, 7) is 3.63. The van der Waals surface area contributed by atoms with Gasteiger partial charge in [-0.3, -0.25) is 10.1 Å². The quantitative estimate of drug-likeness (QED) is 0.204. The highest BCUT2D eigenvalue weighted by molar-refractivity contribution is 14.0. The third-order valence-corrected chi connectivity index (χ3v) is 4.30. The summed E-state index contributed by atoms with van der Waals surface area (Å²) in [6.07, 6.45) is 0. The van der Waals surface area contributed by atoms with Crippen LogP contribution in [0.3, 0.4) is 0 Å². The lowest BCUT2D eigenvalue weighted by molar-refractivity contribution is -0.384. The Balaban J connectivity index is 0.00000338. The van der Waals surface area contributed by atoms with E-state index in [9.17, 15) is 10.1 Å². The van der Waals surface area contributed by atoms with Crippen molar-refractivity contribution in [1.29, 1.82) is 0 Å². The summed E-state index contributed by atoms with van der Waals surface area (Å²) in [7, 11) is 3.92. The normalized spacial score (nSPS) is 10.8. The van der Waals surface area contributed by atoms with Crippen molar-refractivity contribution in [3.63, 3.8) is 0 Å². The van der Waals surface area contributed by atoms with Gasteiger partial charge in [-0.15, -0.1) is 35.3 Å². The molecule has 142 valence electrons. The lowest BCUT2D eigenvalue weighted by atomic mass is 10.2. The summed E-state index contributed by atoms with van der Waals surface area (Å²) in [5, 5.41) is 20.2. The van der Waals surface area contributed by atoms with Crippen LogP contribution in [0.5, 0.6) is 0 Å². The van der Waals surface area contributed by atoms with Crippen LogP contribution in [0.15, 0.2) is 34.6 Å². The van der Waals surface area contributed by atoms with E-state index in [4.69, 9.17) is 0 Å². The van der Waals surface area contributed by atoms with Crippen LogP contribution in [0.25, 0.3) is 0 Å². The molecule has 0 atom stereocenters. The summed E-state index contributed by atoms with van der Waals surface area (Å²) in [5.41, 5.74) is 1.80. The molecular weight excluding hydrogens is 467 g/mol. The largest absolute Gasteiger partial charge is 0.357 e. The maximum absolute atomic E-state index is 10.8. The molecule has 0 saturated heterocycles. The molecule has 26 heavy (non-hydrogen) atoms.